The van der Waals surface area contributed by atoms with Crippen LogP contribution >= 0.6 is 23.4 Å². The van der Waals surface area contributed by atoms with Gasteiger partial charge in [0.15, 0.2) is 10.9 Å². The van der Waals surface area contributed by atoms with Gasteiger partial charge in [0.25, 0.3) is 10.0 Å². The molecule has 1 fully saturated rings. The molecule has 1 aromatic rings. The molecular formula is C17H24ClN3O4S2. The lowest BCUT2D eigenvalue weighted by Gasteiger charge is -2.34. The van der Waals surface area contributed by atoms with Gasteiger partial charge in [0, 0.05) is 25.6 Å². The number of nitrogens with zero attached hydrogens (tertiary/aromatic N) is 2. The molecule has 1 aromatic carbocycles. The Kier molecular flexibility index (Phi) is 7.18. The molecule has 1 heterocycles. The van der Waals surface area contributed by atoms with E-state index in [4.69, 9.17) is 11.6 Å². The molecule has 1 aliphatic heterocycles. The van der Waals surface area contributed by atoms with Crippen LogP contribution in [0.2, 0.25) is 5.02 Å². The average Bonchev–Trinajstić information content (AvgIpc) is 2.90. The Morgan fingerprint density at radius 3 is 2.70 bits per heavy atom. The first-order valence-electron chi connectivity index (χ1n) is 8.66. The highest BCUT2D eigenvalue weighted by atomic mass is 35.5. The van der Waals surface area contributed by atoms with E-state index in [0.717, 1.165) is 24.9 Å². The summed E-state index contributed by atoms with van der Waals surface area (Å²) >= 11 is 7.49. The standard InChI is InChI=1S/C17H24ClN3O4S2/c1-4-8-19-16-21(9-5-2)17(23,11-26-16)13-6-7-14(18)15(10-13)27(24,25)20-12(3)22/h6-7,10,23H,4-5,8-9,11H2,1-3H3,(H,20,22). The molecule has 0 radical (unpaired) electrons. The van der Waals surface area contributed by atoms with E-state index >= 15 is 0 Å². The molecule has 1 unspecified atom stereocenters. The quantitative estimate of drug-likeness (QED) is 0.685. The summed E-state index contributed by atoms with van der Waals surface area (Å²) in [7, 11) is -4.12. The van der Waals surface area contributed by atoms with E-state index < -0.39 is 21.7 Å². The largest absolute Gasteiger partial charge is 0.366 e. The summed E-state index contributed by atoms with van der Waals surface area (Å²) in [6.07, 6.45) is 1.68. The van der Waals surface area contributed by atoms with Crippen LogP contribution in [0.1, 0.15) is 39.2 Å². The number of amidine groups is 1. The maximum absolute atomic E-state index is 12.4. The van der Waals surface area contributed by atoms with Crippen LogP contribution in [0.15, 0.2) is 28.1 Å². The van der Waals surface area contributed by atoms with E-state index in [0.29, 0.717) is 24.4 Å². The van der Waals surface area contributed by atoms with E-state index in [2.05, 4.69) is 4.99 Å². The minimum absolute atomic E-state index is 0.0244. The molecule has 7 nitrogen and oxygen atoms in total. The zero-order chi connectivity index (χ0) is 20.2. The van der Waals surface area contributed by atoms with Crippen LogP contribution < -0.4 is 4.72 Å². The Bertz CT molecular complexity index is 845. The van der Waals surface area contributed by atoms with Gasteiger partial charge in [-0.15, -0.1) is 0 Å². The van der Waals surface area contributed by atoms with Gasteiger partial charge < -0.3 is 10.0 Å². The highest BCUT2D eigenvalue weighted by Gasteiger charge is 2.44. The minimum Gasteiger partial charge on any atom is -0.366 e. The Morgan fingerprint density at radius 2 is 2.11 bits per heavy atom. The lowest BCUT2D eigenvalue weighted by atomic mass is 10.0. The highest BCUT2D eigenvalue weighted by Crippen LogP contribution is 2.40. The van der Waals surface area contributed by atoms with Crippen molar-refractivity contribution in [1.82, 2.24) is 9.62 Å². The number of sulfonamides is 1. The van der Waals surface area contributed by atoms with E-state index in [1.54, 1.807) is 11.0 Å². The molecule has 1 amide bonds. The molecule has 27 heavy (non-hydrogen) atoms. The van der Waals surface area contributed by atoms with Crippen molar-refractivity contribution in [1.29, 1.82) is 0 Å². The molecule has 2 rings (SSSR count). The summed E-state index contributed by atoms with van der Waals surface area (Å²) in [5, 5.41) is 12.1. The minimum atomic E-state index is -4.12. The van der Waals surface area contributed by atoms with Gasteiger partial charge in [-0.1, -0.05) is 43.3 Å². The number of rotatable bonds is 7. The second-order valence-electron chi connectivity index (χ2n) is 6.23. The van der Waals surface area contributed by atoms with Crippen LogP contribution in [0.25, 0.3) is 0 Å². The lowest BCUT2D eigenvalue weighted by Crippen LogP contribution is -2.45. The highest BCUT2D eigenvalue weighted by molar-refractivity contribution is 8.14. The summed E-state index contributed by atoms with van der Waals surface area (Å²) in [6.45, 7) is 6.35. The van der Waals surface area contributed by atoms with Crippen molar-refractivity contribution in [3.05, 3.63) is 28.8 Å². The summed E-state index contributed by atoms with van der Waals surface area (Å²) in [5.74, 6) is -0.398. The first kappa shape index (κ1) is 22.0. The Labute approximate surface area is 169 Å². The molecule has 1 atom stereocenters. The van der Waals surface area contributed by atoms with Crippen molar-refractivity contribution in [3.8, 4) is 0 Å². The number of aliphatic imine (C=N–C) groups is 1. The van der Waals surface area contributed by atoms with Gasteiger partial charge in [0.1, 0.15) is 4.90 Å². The van der Waals surface area contributed by atoms with Crippen molar-refractivity contribution in [2.75, 3.05) is 18.8 Å². The fourth-order valence-electron chi connectivity index (χ4n) is 2.76. The topological polar surface area (TPSA) is 99.1 Å². The molecule has 0 saturated carbocycles. The number of thioether (sulfide) groups is 1. The van der Waals surface area contributed by atoms with Crippen LogP contribution in [0.5, 0.6) is 0 Å². The van der Waals surface area contributed by atoms with E-state index in [-0.39, 0.29) is 9.92 Å². The predicted molar refractivity (Wildman–Crippen MR) is 108 cm³/mol. The number of carbonyl (C=O) groups is 1. The monoisotopic (exact) mass is 433 g/mol. The first-order chi connectivity index (χ1) is 12.7. The summed E-state index contributed by atoms with van der Waals surface area (Å²) in [5.41, 5.74) is -1.02. The Hall–Kier alpha value is -1.29. The van der Waals surface area contributed by atoms with Crippen molar-refractivity contribution < 1.29 is 18.3 Å². The molecule has 0 bridgehead atoms. The van der Waals surface area contributed by atoms with Crippen LogP contribution in [0, 0.1) is 0 Å². The summed E-state index contributed by atoms with van der Waals surface area (Å²) < 4.78 is 26.7. The van der Waals surface area contributed by atoms with Gasteiger partial charge in [-0.3, -0.25) is 9.79 Å². The van der Waals surface area contributed by atoms with Crippen LogP contribution in [-0.2, 0) is 20.5 Å². The van der Waals surface area contributed by atoms with Crippen LogP contribution in [0.4, 0.5) is 0 Å². The maximum atomic E-state index is 12.4. The zero-order valence-corrected chi connectivity index (χ0v) is 17.9. The number of benzene rings is 1. The van der Waals surface area contributed by atoms with Gasteiger partial charge >= 0.3 is 0 Å². The molecule has 2 N–H and O–H groups in total. The SMILES string of the molecule is CCCN=C1SCC(O)(c2ccc(Cl)c(S(=O)(=O)NC(C)=O)c2)N1CCC. The number of hydrogen-bond donors (Lipinski definition) is 2. The molecule has 10 heteroatoms. The Morgan fingerprint density at radius 1 is 1.41 bits per heavy atom. The normalized spacial score (nSPS) is 21.7. The molecule has 0 aliphatic carbocycles. The van der Waals surface area contributed by atoms with Crippen molar-refractivity contribution in [2.45, 2.75) is 44.2 Å². The van der Waals surface area contributed by atoms with E-state index in [1.165, 1.54) is 23.9 Å². The number of aliphatic hydroxyl groups is 1. The van der Waals surface area contributed by atoms with Crippen molar-refractivity contribution in [2.24, 2.45) is 4.99 Å². The summed E-state index contributed by atoms with van der Waals surface area (Å²) in [6, 6.07) is 4.33. The van der Waals surface area contributed by atoms with E-state index in [1.807, 2.05) is 18.6 Å². The van der Waals surface area contributed by atoms with Crippen molar-refractivity contribution >= 4 is 44.5 Å². The van der Waals surface area contributed by atoms with Crippen molar-refractivity contribution in [3.63, 3.8) is 0 Å². The molecular weight excluding hydrogens is 410 g/mol. The number of nitrogens with one attached hydrogen (secondary N) is 1. The van der Waals surface area contributed by atoms with Gasteiger partial charge in [0.05, 0.1) is 10.8 Å². The third-order valence-corrected chi connectivity index (χ3v) is 7.03. The van der Waals surface area contributed by atoms with Gasteiger partial charge in [-0.2, -0.15) is 0 Å². The molecule has 1 aliphatic rings. The third kappa shape index (κ3) is 4.77. The molecule has 0 aromatic heterocycles. The molecule has 1 saturated heterocycles. The first-order valence-corrected chi connectivity index (χ1v) is 11.5. The van der Waals surface area contributed by atoms with E-state index in [9.17, 15) is 18.3 Å². The smallest absolute Gasteiger partial charge is 0.265 e. The Balaban J connectivity index is 2.50. The fourth-order valence-corrected chi connectivity index (χ4v) is 5.51. The van der Waals surface area contributed by atoms with Crippen LogP contribution in [-0.4, -0.2) is 48.3 Å². The molecule has 150 valence electrons. The molecule has 0 spiro atoms. The number of carbonyl (C=O) groups excluding carboxylic acids is 1. The number of amides is 1. The third-order valence-electron chi connectivity index (χ3n) is 3.96. The second-order valence-corrected chi connectivity index (χ2v) is 9.23. The second kappa shape index (κ2) is 8.81. The number of hydrogen-bond acceptors (Lipinski definition) is 6. The fraction of sp³-hybridized carbons (Fsp3) is 0.529. The zero-order valence-electron chi connectivity index (χ0n) is 15.5. The van der Waals surface area contributed by atoms with Gasteiger partial charge in [-0.25, -0.2) is 13.1 Å². The van der Waals surface area contributed by atoms with Gasteiger partial charge in [0.2, 0.25) is 5.91 Å². The van der Waals surface area contributed by atoms with Crippen LogP contribution in [0.3, 0.4) is 0 Å². The average molecular weight is 434 g/mol. The predicted octanol–water partition coefficient (Wildman–Crippen LogP) is 2.53. The number of halogens is 1. The maximum Gasteiger partial charge on any atom is 0.265 e. The summed E-state index contributed by atoms with van der Waals surface area (Å²) in [4.78, 5) is 17.3. The lowest BCUT2D eigenvalue weighted by molar-refractivity contribution is -0.117. The van der Waals surface area contributed by atoms with Gasteiger partial charge in [-0.05, 0) is 25.0 Å².